The molecular formula is C32H38Cl2N2OSiZr. The molecule has 1 heterocycles. The molecule has 2 N–H and O–H groups in total. The minimum atomic E-state index is -2.65. The van der Waals surface area contributed by atoms with Gasteiger partial charge in [-0.15, -0.1) is 0 Å². The monoisotopic (exact) mass is 654 g/mol. The van der Waals surface area contributed by atoms with E-state index >= 15 is 0 Å². The van der Waals surface area contributed by atoms with Crippen molar-refractivity contribution in [3.63, 3.8) is 0 Å². The molecular weight excluding hydrogens is 619 g/mol. The van der Waals surface area contributed by atoms with Crippen molar-refractivity contribution in [2.45, 2.75) is 40.5 Å². The minimum Gasteiger partial charge on any atom is -1.00 e. The molecule has 39 heavy (non-hydrogen) atoms. The second kappa shape index (κ2) is 17.0. The molecule has 4 aromatic rings. The fourth-order valence-electron chi connectivity index (χ4n) is 4.77. The fourth-order valence-corrected chi connectivity index (χ4v) is 8.67. The summed E-state index contributed by atoms with van der Waals surface area (Å²) in [6, 6.07) is 34.7. The number of anilines is 2. The first-order valence-electron chi connectivity index (χ1n) is 12.9. The maximum absolute atomic E-state index is 4.94. The topological polar surface area (TPSA) is 33.3 Å². The Balaban J connectivity index is 0.000000857. The van der Waals surface area contributed by atoms with Crippen LogP contribution in [0.2, 0.25) is 0 Å². The van der Waals surface area contributed by atoms with Gasteiger partial charge in [-0.25, -0.2) is 0 Å². The summed E-state index contributed by atoms with van der Waals surface area (Å²) in [5.74, 6) is 0. The summed E-state index contributed by atoms with van der Waals surface area (Å²) in [5.41, 5.74) is 7.44. The Morgan fingerprint density at radius 3 is 1.13 bits per heavy atom. The molecule has 1 aliphatic rings. The molecule has 3 nitrogen and oxygen atoms in total. The van der Waals surface area contributed by atoms with Crippen molar-refractivity contribution < 1.29 is 55.8 Å². The van der Waals surface area contributed by atoms with Crippen LogP contribution in [-0.2, 0) is 30.9 Å². The molecule has 0 spiro atoms. The van der Waals surface area contributed by atoms with Gasteiger partial charge >= 0.3 is 34.6 Å². The molecule has 0 atom stereocenters. The third-order valence-corrected chi connectivity index (χ3v) is 10.5. The van der Waals surface area contributed by atoms with Gasteiger partial charge in [-0.2, -0.15) is 0 Å². The molecule has 7 heteroatoms. The number of aryl methyl sites for hydroxylation is 4. The van der Waals surface area contributed by atoms with Crippen LogP contribution >= 0.6 is 0 Å². The third-order valence-electron chi connectivity index (χ3n) is 6.83. The van der Waals surface area contributed by atoms with Gasteiger partial charge in [0.05, 0.1) is 0 Å². The fraction of sp³-hybridized carbons (Fsp3) is 0.250. The Morgan fingerprint density at radius 2 is 0.846 bits per heavy atom. The van der Waals surface area contributed by atoms with E-state index in [2.05, 4.69) is 135 Å². The van der Waals surface area contributed by atoms with E-state index in [0.29, 0.717) is 0 Å². The van der Waals surface area contributed by atoms with Crippen LogP contribution in [0.25, 0.3) is 0 Å². The van der Waals surface area contributed by atoms with Gasteiger partial charge in [0.2, 0.25) is 0 Å². The molecule has 0 bridgehead atoms. The molecule has 204 valence electrons. The third kappa shape index (κ3) is 8.80. The van der Waals surface area contributed by atoms with E-state index in [-0.39, 0.29) is 51.0 Å². The zero-order valence-electron chi connectivity index (χ0n) is 23.2. The van der Waals surface area contributed by atoms with Crippen LogP contribution in [0.1, 0.15) is 35.1 Å². The van der Waals surface area contributed by atoms with Gasteiger partial charge in [0.1, 0.15) is 0 Å². The quantitative estimate of drug-likeness (QED) is 0.297. The molecule has 5 rings (SSSR count). The van der Waals surface area contributed by atoms with E-state index in [0.717, 1.165) is 13.2 Å². The Labute approximate surface area is 267 Å². The summed E-state index contributed by atoms with van der Waals surface area (Å²) in [7, 11) is -2.65. The number of hydrogen-bond acceptors (Lipinski definition) is 3. The average molecular weight is 657 g/mol. The van der Waals surface area contributed by atoms with Crippen molar-refractivity contribution >= 4 is 30.1 Å². The number of para-hydroxylation sites is 2. The number of hydrogen-bond donors (Lipinski definition) is 2. The first kappa shape index (κ1) is 35.1. The molecule has 0 aliphatic carbocycles. The molecule has 0 amide bonds. The van der Waals surface area contributed by atoms with Crippen LogP contribution in [0.3, 0.4) is 0 Å². The zero-order chi connectivity index (χ0) is 25.4. The van der Waals surface area contributed by atoms with Crippen molar-refractivity contribution in [3.8, 4) is 0 Å². The molecule has 0 radical (unpaired) electrons. The Kier molecular flexibility index (Phi) is 15.4. The first-order chi connectivity index (χ1) is 17.5. The predicted octanol–water partition coefficient (Wildman–Crippen LogP) is 0.503. The average Bonchev–Trinajstić information content (AvgIpc) is 3.49. The van der Waals surface area contributed by atoms with E-state index in [1.807, 2.05) is 0 Å². The van der Waals surface area contributed by atoms with Crippen molar-refractivity contribution in [2.24, 2.45) is 0 Å². The minimum absolute atomic E-state index is 0. The summed E-state index contributed by atoms with van der Waals surface area (Å²) in [6.07, 6.45) is 2.56. The largest absolute Gasteiger partial charge is 2.00 e. The Hall–Kier alpha value is -1.88. The molecule has 0 saturated carbocycles. The summed E-state index contributed by atoms with van der Waals surface area (Å²) in [4.78, 5) is 8.18. The number of nitrogens with one attached hydrogen (secondary N) is 2. The van der Waals surface area contributed by atoms with Crippen molar-refractivity contribution in [3.05, 3.63) is 119 Å². The van der Waals surface area contributed by atoms with Crippen LogP contribution in [0.4, 0.5) is 11.4 Å². The summed E-state index contributed by atoms with van der Waals surface area (Å²) < 4.78 is 4.94. The van der Waals surface area contributed by atoms with Crippen molar-refractivity contribution in [2.75, 3.05) is 23.2 Å². The molecule has 1 fully saturated rings. The van der Waals surface area contributed by atoms with Gasteiger partial charge in [-0.3, -0.25) is 0 Å². The van der Waals surface area contributed by atoms with Gasteiger partial charge < -0.3 is 39.5 Å². The van der Waals surface area contributed by atoms with Gasteiger partial charge in [0.15, 0.2) is 0 Å². The van der Waals surface area contributed by atoms with Gasteiger partial charge in [0.25, 0.3) is 0 Å². The van der Waals surface area contributed by atoms with Crippen molar-refractivity contribution in [1.82, 2.24) is 0 Å². The number of ether oxygens (including phenoxy) is 1. The van der Waals surface area contributed by atoms with E-state index in [4.69, 9.17) is 4.74 Å². The molecule has 0 unspecified atom stereocenters. The number of rotatable bonds is 6. The molecule has 1 saturated heterocycles. The van der Waals surface area contributed by atoms with Crippen LogP contribution in [0.15, 0.2) is 97.1 Å². The zero-order valence-corrected chi connectivity index (χ0v) is 28.2. The van der Waals surface area contributed by atoms with E-state index in [1.165, 1.54) is 56.8 Å². The number of halogens is 2. The number of benzene rings is 4. The van der Waals surface area contributed by atoms with Crippen LogP contribution < -0.4 is 45.2 Å². The Morgan fingerprint density at radius 1 is 0.513 bits per heavy atom. The second-order valence-electron chi connectivity index (χ2n) is 9.59. The van der Waals surface area contributed by atoms with Crippen LogP contribution in [-0.4, -0.2) is 21.6 Å². The first-order valence-corrected chi connectivity index (χ1v) is 14.9. The van der Waals surface area contributed by atoms with Gasteiger partial charge in [0, 0.05) is 24.6 Å². The van der Waals surface area contributed by atoms with E-state index < -0.39 is 8.40 Å². The normalized spacial score (nSPS) is 12.0. The maximum atomic E-state index is 4.94. The van der Waals surface area contributed by atoms with Crippen LogP contribution in [0, 0.1) is 27.7 Å². The second-order valence-corrected chi connectivity index (χ2v) is 12.7. The van der Waals surface area contributed by atoms with Crippen molar-refractivity contribution in [1.29, 1.82) is 0 Å². The summed E-state index contributed by atoms with van der Waals surface area (Å²) >= 11 is 0. The van der Waals surface area contributed by atoms with Gasteiger partial charge in [-0.05, 0) is 73.2 Å². The van der Waals surface area contributed by atoms with E-state index in [9.17, 15) is 0 Å². The van der Waals surface area contributed by atoms with Crippen LogP contribution in [0.5, 0.6) is 0 Å². The Bertz CT molecular complexity index is 1130. The molecule has 1 aliphatic heterocycles. The predicted molar refractivity (Wildman–Crippen MR) is 157 cm³/mol. The maximum Gasteiger partial charge on any atom is 2.00 e. The van der Waals surface area contributed by atoms with Gasteiger partial charge in [-0.1, -0.05) is 97.1 Å². The SMILES string of the molecule is C1CCOC1.Cc1cccc(C)c1N[Si](Nc1c(C)cccc1C)(c1ccccc1)c1ccccc1.[Cl-].[Cl-].[Zr+2]. The molecule has 0 aromatic heterocycles. The molecule has 4 aromatic carbocycles. The standard InChI is InChI=1S/C28H30N2Si.C4H8O.2ClH.Zr/c1-21-13-11-14-22(2)27(21)29-31(25-17-7-5-8-18-25,26-19-9-6-10-20-26)30-28-23(3)15-12-16-24(28)4;1-2-4-5-3-1;;;/h5-20,29-30H,1-4H3;1-4H2;2*1H;/q;;;;+2/p-2. The summed E-state index contributed by atoms with van der Waals surface area (Å²) in [6.45, 7) is 10.7. The summed E-state index contributed by atoms with van der Waals surface area (Å²) in [5, 5.41) is 2.60. The van der Waals surface area contributed by atoms with E-state index in [1.54, 1.807) is 0 Å². The smallest absolute Gasteiger partial charge is 1.00 e.